The molecule has 0 unspecified atom stereocenters. The van der Waals surface area contributed by atoms with Gasteiger partial charge in [0.25, 0.3) is 0 Å². The molecule has 144 valence electrons. The molecule has 0 atom stereocenters. The maximum atomic E-state index is 14.0. The van der Waals surface area contributed by atoms with Crippen molar-refractivity contribution in [3.05, 3.63) is 58.9 Å². The van der Waals surface area contributed by atoms with Gasteiger partial charge in [0.2, 0.25) is 11.8 Å². The predicted octanol–water partition coefficient (Wildman–Crippen LogP) is 4.53. The van der Waals surface area contributed by atoms with E-state index in [0.717, 1.165) is 29.0 Å². The Labute approximate surface area is 156 Å². The van der Waals surface area contributed by atoms with Gasteiger partial charge in [0.1, 0.15) is 6.54 Å². The molecular weight excluding hydrogens is 357 g/mol. The van der Waals surface area contributed by atoms with Crippen LogP contribution in [0.1, 0.15) is 37.8 Å². The van der Waals surface area contributed by atoms with Gasteiger partial charge in [-0.2, -0.15) is 0 Å². The summed E-state index contributed by atoms with van der Waals surface area (Å²) in [5.74, 6) is -5.69. The van der Waals surface area contributed by atoms with E-state index in [4.69, 9.17) is 0 Å². The van der Waals surface area contributed by atoms with E-state index in [9.17, 15) is 22.8 Å². The van der Waals surface area contributed by atoms with E-state index in [1.807, 2.05) is 39.0 Å². The number of para-hydroxylation sites is 1. The molecule has 0 heterocycles. The monoisotopic (exact) mass is 378 g/mol. The lowest BCUT2D eigenvalue weighted by Crippen LogP contribution is -2.37. The maximum absolute atomic E-state index is 14.0. The fourth-order valence-corrected chi connectivity index (χ4v) is 2.76. The van der Waals surface area contributed by atoms with Gasteiger partial charge in [-0.3, -0.25) is 9.59 Å². The van der Waals surface area contributed by atoms with Gasteiger partial charge in [-0.25, -0.2) is 13.2 Å². The standard InChI is InChI=1S/C20H21F3N2O2/c1-11(2)14-7-5-6-12(3)20(14)24-17(27)10-25(13(4)26)16-9-8-15(21)18(22)19(16)23/h5-9,11H,10H2,1-4H3,(H,24,27). The molecule has 0 aliphatic heterocycles. The minimum absolute atomic E-state index is 0.146. The summed E-state index contributed by atoms with van der Waals surface area (Å²) in [4.78, 5) is 25.1. The average molecular weight is 378 g/mol. The molecular formula is C20H21F3N2O2. The smallest absolute Gasteiger partial charge is 0.244 e. The first-order valence-corrected chi connectivity index (χ1v) is 8.44. The molecule has 4 nitrogen and oxygen atoms in total. The molecule has 2 aromatic carbocycles. The van der Waals surface area contributed by atoms with E-state index in [2.05, 4.69) is 5.32 Å². The van der Waals surface area contributed by atoms with Gasteiger partial charge in [-0.1, -0.05) is 32.0 Å². The summed E-state index contributed by atoms with van der Waals surface area (Å²) in [6.07, 6.45) is 0. The third-order valence-electron chi connectivity index (χ3n) is 4.18. The lowest BCUT2D eigenvalue weighted by molar-refractivity contribution is -0.120. The van der Waals surface area contributed by atoms with Crippen LogP contribution >= 0.6 is 0 Å². The molecule has 0 fully saturated rings. The summed E-state index contributed by atoms with van der Waals surface area (Å²) in [7, 11) is 0. The third-order valence-corrected chi connectivity index (χ3v) is 4.18. The Morgan fingerprint density at radius 1 is 1.07 bits per heavy atom. The minimum Gasteiger partial charge on any atom is -0.324 e. The molecule has 0 bridgehead atoms. The molecule has 2 amide bonds. The highest BCUT2D eigenvalue weighted by atomic mass is 19.2. The second-order valence-corrected chi connectivity index (χ2v) is 6.54. The zero-order valence-electron chi connectivity index (χ0n) is 15.6. The normalized spacial score (nSPS) is 10.8. The highest BCUT2D eigenvalue weighted by Crippen LogP contribution is 2.28. The minimum atomic E-state index is -1.69. The van der Waals surface area contributed by atoms with Gasteiger partial charge in [0.05, 0.1) is 5.69 Å². The fourth-order valence-electron chi connectivity index (χ4n) is 2.76. The predicted molar refractivity (Wildman–Crippen MR) is 98.2 cm³/mol. The number of halogens is 3. The van der Waals surface area contributed by atoms with Gasteiger partial charge in [-0.15, -0.1) is 0 Å². The zero-order chi connectivity index (χ0) is 20.3. The largest absolute Gasteiger partial charge is 0.324 e. The molecule has 7 heteroatoms. The summed E-state index contributed by atoms with van der Waals surface area (Å²) in [6, 6.07) is 7.22. The second kappa shape index (κ2) is 8.24. The summed E-state index contributed by atoms with van der Waals surface area (Å²) in [6.45, 7) is 6.36. The third kappa shape index (κ3) is 4.48. The highest BCUT2D eigenvalue weighted by Gasteiger charge is 2.23. The topological polar surface area (TPSA) is 49.4 Å². The molecule has 1 N–H and O–H groups in total. The van der Waals surface area contributed by atoms with Crippen LogP contribution in [0, 0.1) is 24.4 Å². The van der Waals surface area contributed by atoms with Crippen LogP contribution in [-0.2, 0) is 9.59 Å². The molecule has 0 radical (unpaired) electrons. The van der Waals surface area contributed by atoms with Crippen molar-refractivity contribution in [3.63, 3.8) is 0 Å². The first-order valence-electron chi connectivity index (χ1n) is 8.44. The van der Waals surface area contributed by atoms with Gasteiger partial charge in [0, 0.05) is 12.6 Å². The number of aryl methyl sites for hydroxylation is 1. The molecule has 0 saturated heterocycles. The zero-order valence-corrected chi connectivity index (χ0v) is 15.6. The van der Waals surface area contributed by atoms with E-state index < -0.39 is 41.5 Å². The number of benzene rings is 2. The van der Waals surface area contributed by atoms with Crippen LogP contribution in [0.3, 0.4) is 0 Å². The molecule has 0 aliphatic carbocycles. The quantitative estimate of drug-likeness (QED) is 0.778. The highest BCUT2D eigenvalue weighted by molar-refractivity contribution is 6.02. The van der Waals surface area contributed by atoms with Crippen LogP contribution in [-0.4, -0.2) is 18.4 Å². The Balaban J connectivity index is 2.30. The Kier molecular flexibility index (Phi) is 6.25. The number of rotatable bonds is 5. The van der Waals surface area contributed by atoms with Crippen LogP contribution in [0.4, 0.5) is 24.5 Å². The number of amides is 2. The van der Waals surface area contributed by atoms with Crippen LogP contribution < -0.4 is 10.2 Å². The number of anilines is 2. The lowest BCUT2D eigenvalue weighted by atomic mass is 9.98. The van der Waals surface area contributed by atoms with Gasteiger partial charge in [0.15, 0.2) is 17.5 Å². The number of hydrogen-bond donors (Lipinski definition) is 1. The number of hydrogen-bond acceptors (Lipinski definition) is 2. The molecule has 27 heavy (non-hydrogen) atoms. The Hall–Kier alpha value is -2.83. The molecule has 0 aromatic heterocycles. The summed E-state index contributed by atoms with van der Waals surface area (Å²) >= 11 is 0. The van der Waals surface area contributed by atoms with Crippen LogP contribution in [0.15, 0.2) is 30.3 Å². The van der Waals surface area contributed by atoms with Crippen LogP contribution in [0.2, 0.25) is 0 Å². The van der Waals surface area contributed by atoms with Crippen molar-refractivity contribution in [2.75, 3.05) is 16.8 Å². The van der Waals surface area contributed by atoms with Crippen LogP contribution in [0.5, 0.6) is 0 Å². The summed E-state index contributed by atoms with van der Waals surface area (Å²) in [5, 5.41) is 2.74. The summed E-state index contributed by atoms with van der Waals surface area (Å²) in [5.41, 5.74) is 1.87. The van der Waals surface area contributed by atoms with Crippen molar-refractivity contribution in [2.45, 2.75) is 33.6 Å². The molecule has 0 aliphatic rings. The summed E-state index contributed by atoms with van der Waals surface area (Å²) < 4.78 is 40.7. The van der Waals surface area contributed by atoms with Crippen molar-refractivity contribution in [1.29, 1.82) is 0 Å². The van der Waals surface area contributed by atoms with E-state index >= 15 is 0 Å². The Morgan fingerprint density at radius 2 is 1.74 bits per heavy atom. The maximum Gasteiger partial charge on any atom is 0.244 e. The van der Waals surface area contributed by atoms with E-state index in [1.165, 1.54) is 0 Å². The number of carbonyl (C=O) groups is 2. The van der Waals surface area contributed by atoms with Crippen molar-refractivity contribution in [3.8, 4) is 0 Å². The van der Waals surface area contributed by atoms with Crippen molar-refractivity contribution in [2.24, 2.45) is 0 Å². The van der Waals surface area contributed by atoms with Gasteiger partial charge >= 0.3 is 0 Å². The SMILES string of the molecule is CC(=O)N(CC(=O)Nc1c(C)cccc1C(C)C)c1ccc(F)c(F)c1F. The average Bonchev–Trinajstić information content (AvgIpc) is 2.59. The molecule has 0 spiro atoms. The molecule has 2 aromatic rings. The second-order valence-electron chi connectivity index (χ2n) is 6.54. The van der Waals surface area contributed by atoms with Crippen molar-refractivity contribution < 1.29 is 22.8 Å². The Bertz CT molecular complexity index is 882. The van der Waals surface area contributed by atoms with Crippen LogP contribution in [0.25, 0.3) is 0 Å². The van der Waals surface area contributed by atoms with Crippen molar-refractivity contribution in [1.82, 2.24) is 0 Å². The van der Waals surface area contributed by atoms with Gasteiger partial charge in [-0.05, 0) is 36.1 Å². The van der Waals surface area contributed by atoms with E-state index in [0.29, 0.717) is 11.8 Å². The van der Waals surface area contributed by atoms with Gasteiger partial charge < -0.3 is 10.2 Å². The number of nitrogens with one attached hydrogen (secondary N) is 1. The molecule has 0 saturated carbocycles. The number of nitrogens with zero attached hydrogens (tertiary/aromatic N) is 1. The lowest BCUT2D eigenvalue weighted by Gasteiger charge is -2.23. The first-order chi connectivity index (χ1) is 12.6. The number of carbonyl (C=O) groups excluding carboxylic acids is 2. The van der Waals surface area contributed by atoms with E-state index in [-0.39, 0.29) is 5.92 Å². The molecule has 2 rings (SSSR count). The first kappa shape index (κ1) is 20.5. The fraction of sp³-hybridized carbons (Fsp3) is 0.300. The van der Waals surface area contributed by atoms with E-state index in [1.54, 1.807) is 0 Å². The Morgan fingerprint density at radius 3 is 2.33 bits per heavy atom. The van der Waals surface area contributed by atoms with Crippen molar-refractivity contribution >= 4 is 23.2 Å².